The lowest BCUT2D eigenvalue weighted by atomic mass is 10.0. The van der Waals surface area contributed by atoms with Crippen molar-refractivity contribution in [3.8, 4) is 0 Å². The van der Waals surface area contributed by atoms with E-state index in [0.29, 0.717) is 5.92 Å². The molecule has 2 heteroatoms. The number of hydrogen-bond acceptors (Lipinski definition) is 2. The van der Waals surface area contributed by atoms with Crippen LogP contribution in [0.1, 0.15) is 31.2 Å². The van der Waals surface area contributed by atoms with Crippen LogP contribution in [0.4, 0.5) is 0 Å². The standard InChI is InChI=1S/C13H20S2/c1-2-3-9-15-11-13(10-14)12-7-5-4-6-8-12/h4-8,13-14H,2-3,9-11H2,1H3. The molecule has 0 heterocycles. The average Bonchev–Trinajstić information content (AvgIpc) is 2.30. The van der Waals surface area contributed by atoms with Crippen LogP contribution in [-0.4, -0.2) is 17.3 Å². The molecule has 0 aromatic heterocycles. The van der Waals surface area contributed by atoms with Crippen LogP contribution >= 0.6 is 24.4 Å². The third-order valence-electron chi connectivity index (χ3n) is 2.45. The Morgan fingerprint density at radius 1 is 1.27 bits per heavy atom. The minimum absolute atomic E-state index is 0.608. The minimum Gasteiger partial charge on any atom is -0.179 e. The molecule has 0 aliphatic rings. The Morgan fingerprint density at radius 2 is 2.00 bits per heavy atom. The van der Waals surface area contributed by atoms with Crippen LogP contribution in [0.5, 0.6) is 0 Å². The van der Waals surface area contributed by atoms with Gasteiger partial charge in [-0.2, -0.15) is 24.4 Å². The van der Waals surface area contributed by atoms with E-state index in [-0.39, 0.29) is 0 Å². The molecule has 0 nitrogen and oxygen atoms in total. The van der Waals surface area contributed by atoms with Crippen molar-refractivity contribution in [1.82, 2.24) is 0 Å². The number of benzene rings is 1. The topological polar surface area (TPSA) is 0 Å². The summed E-state index contributed by atoms with van der Waals surface area (Å²) in [5.74, 6) is 4.04. The van der Waals surface area contributed by atoms with Gasteiger partial charge in [0.05, 0.1) is 0 Å². The molecule has 1 unspecified atom stereocenters. The van der Waals surface area contributed by atoms with Crippen molar-refractivity contribution in [2.24, 2.45) is 0 Å². The van der Waals surface area contributed by atoms with Gasteiger partial charge in [0, 0.05) is 11.7 Å². The van der Waals surface area contributed by atoms with Crippen molar-refractivity contribution >= 4 is 24.4 Å². The maximum Gasteiger partial charge on any atom is 0.00172 e. The van der Waals surface area contributed by atoms with E-state index >= 15 is 0 Å². The van der Waals surface area contributed by atoms with Gasteiger partial charge in [-0.15, -0.1) is 0 Å². The van der Waals surface area contributed by atoms with E-state index < -0.39 is 0 Å². The van der Waals surface area contributed by atoms with Crippen molar-refractivity contribution < 1.29 is 0 Å². The summed E-state index contributed by atoms with van der Waals surface area (Å²) in [6, 6.07) is 10.7. The monoisotopic (exact) mass is 240 g/mol. The summed E-state index contributed by atoms with van der Waals surface area (Å²) in [5.41, 5.74) is 1.43. The van der Waals surface area contributed by atoms with Gasteiger partial charge in [0.15, 0.2) is 0 Å². The normalized spacial score (nSPS) is 12.7. The summed E-state index contributed by atoms with van der Waals surface area (Å²) < 4.78 is 0. The number of unbranched alkanes of at least 4 members (excludes halogenated alkanes) is 1. The average molecular weight is 240 g/mol. The van der Waals surface area contributed by atoms with Gasteiger partial charge < -0.3 is 0 Å². The van der Waals surface area contributed by atoms with E-state index in [2.05, 4.69) is 61.6 Å². The molecule has 0 aliphatic heterocycles. The highest BCUT2D eigenvalue weighted by molar-refractivity contribution is 7.99. The molecule has 0 N–H and O–H groups in total. The zero-order valence-electron chi connectivity index (χ0n) is 9.36. The van der Waals surface area contributed by atoms with Crippen molar-refractivity contribution in [2.45, 2.75) is 25.7 Å². The Hall–Kier alpha value is -0.0800. The highest BCUT2D eigenvalue weighted by Crippen LogP contribution is 2.22. The van der Waals surface area contributed by atoms with Gasteiger partial charge in [-0.25, -0.2) is 0 Å². The second-order valence-electron chi connectivity index (χ2n) is 3.72. The predicted molar refractivity (Wildman–Crippen MR) is 75.3 cm³/mol. The molecular weight excluding hydrogens is 220 g/mol. The molecule has 0 radical (unpaired) electrons. The summed E-state index contributed by atoms with van der Waals surface area (Å²) in [6.07, 6.45) is 2.63. The highest BCUT2D eigenvalue weighted by atomic mass is 32.2. The summed E-state index contributed by atoms with van der Waals surface area (Å²) >= 11 is 6.50. The van der Waals surface area contributed by atoms with Crippen LogP contribution in [-0.2, 0) is 0 Å². The Bertz CT molecular complexity index is 246. The van der Waals surface area contributed by atoms with Crippen LogP contribution < -0.4 is 0 Å². The second-order valence-corrected chi connectivity index (χ2v) is 5.23. The first kappa shape index (κ1) is 13.0. The van der Waals surface area contributed by atoms with E-state index in [0.717, 1.165) is 5.75 Å². The fourth-order valence-electron chi connectivity index (χ4n) is 1.45. The van der Waals surface area contributed by atoms with Crippen LogP contribution in [0.2, 0.25) is 0 Å². The van der Waals surface area contributed by atoms with Gasteiger partial charge in [-0.05, 0) is 23.5 Å². The van der Waals surface area contributed by atoms with Gasteiger partial charge in [0.2, 0.25) is 0 Å². The molecule has 0 bridgehead atoms. The minimum atomic E-state index is 0.608. The fourth-order valence-corrected chi connectivity index (χ4v) is 3.22. The Labute approximate surface area is 103 Å². The molecule has 1 aromatic carbocycles. The second kappa shape index (κ2) is 8.12. The van der Waals surface area contributed by atoms with Gasteiger partial charge in [-0.1, -0.05) is 43.7 Å². The highest BCUT2D eigenvalue weighted by Gasteiger charge is 2.08. The van der Waals surface area contributed by atoms with Crippen LogP contribution in [0.3, 0.4) is 0 Å². The quantitative estimate of drug-likeness (QED) is 0.549. The lowest BCUT2D eigenvalue weighted by molar-refractivity contribution is 0.877. The smallest absolute Gasteiger partial charge is 0.00172 e. The molecule has 1 rings (SSSR count). The first-order valence-corrected chi connectivity index (χ1v) is 7.40. The Balaban J connectivity index is 2.36. The molecule has 0 saturated carbocycles. The van der Waals surface area contributed by atoms with E-state index in [9.17, 15) is 0 Å². The summed E-state index contributed by atoms with van der Waals surface area (Å²) in [7, 11) is 0. The summed E-state index contributed by atoms with van der Waals surface area (Å²) in [6.45, 7) is 2.24. The molecule has 84 valence electrons. The Morgan fingerprint density at radius 3 is 2.60 bits per heavy atom. The number of hydrogen-bond donors (Lipinski definition) is 1. The van der Waals surface area contributed by atoms with Crippen molar-refractivity contribution in [3.05, 3.63) is 35.9 Å². The molecular formula is C13H20S2. The van der Waals surface area contributed by atoms with Crippen LogP contribution in [0.15, 0.2) is 30.3 Å². The predicted octanol–water partition coefficient (Wildman–Crippen LogP) is 4.23. The lowest BCUT2D eigenvalue weighted by Crippen LogP contribution is -2.04. The van der Waals surface area contributed by atoms with Crippen LogP contribution in [0, 0.1) is 0 Å². The number of thioether (sulfide) groups is 1. The first-order chi connectivity index (χ1) is 7.38. The lowest BCUT2D eigenvalue weighted by Gasteiger charge is -2.14. The van der Waals surface area contributed by atoms with E-state index in [1.54, 1.807) is 0 Å². The molecule has 0 saturated heterocycles. The number of thiol groups is 1. The van der Waals surface area contributed by atoms with Gasteiger partial charge in [0.1, 0.15) is 0 Å². The number of rotatable bonds is 7. The maximum absolute atomic E-state index is 4.44. The zero-order valence-corrected chi connectivity index (χ0v) is 11.1. The summed E-state index contributed by atoms with van der Waals surface area (Å²) in [5, 5.41) is 0. The molecule has 15 heavy (non-hydrogen) atoms. The SMILES string of the molecule is CCCCSCC(CS)c1ccccc1. The van der Waals surface area contributed by atoms with Crippen molar-refractivity contribution in [2.75, 3.05) is 17.3 Å². The first-order valence-electron chi connectivity index (χ1n) is 5.62. The maximum atomic E-state index is 4.44. The fraction of sp³-hybridized carbons (Fsp3) is 0.538. The van der Waals surface area contributed by atoms with Crippen LogP contribution in [0.25, 0.3) is 0 Å². The summed E-state index contributed by atoms with van der Waals surface area (Å²) in [4.78, 5) is 0. The van der Waals surface area contributed by atoms with E-state index in [4.69, 9.17) is 0 Å². The zero-order chi connectivity index (χ0) is 10.9. The molecule has 0 fully saturated rings. The molecule has 1 aromatic rings. The largest absolute Gasteiger partial charge is 0.179 e. The third-order valence-corrected chi connectivity index (χ3v) is 4.11. The molecule has 0 spiro atoms. The third kappa shape index (κ3) is 4.98. The molecule has 0 aliphatic carbocycles. The molecule has 0 amide bonds. The molecule has 1 atom stereocenters. The van der Waals surface area contributed by atoms with Gasteiger partial charge >= 0.3 is 0 Å². The van der Waals surface area contributed by atoms with Gasteiger partial charge in [-0.3, -0.25) is 0 Å². The Kier molecular flexibility index (Phi) is 7.03. The van der Waals surface area contributed by atoms with Gasteiger partial charge in [0.25, 0.3) is 0 Å². The van der Waals surface area contributed by atoms with E-state index in [1.165, 1.54) is 29.9 Å². The van der Waals surface area contributed by atoms with Crippen molar-refractivity contribution in [3.63, 3.8) is 0 Å². The van der Waals surface area contributed by atoms with E-state index in [1.807, 2.05) is 0 Å². The van der Waals surface area contributed by atoms with Crippen molar-refractivity contribution in [1.29, 1.82) is 0 Å².